The molecule has 2 saturated heterocycles. The minimum atomic E-state index is -0.628. The van der Waals surface area contributed by atoms with Crippen LogP contribution < -0.4 is 0 Å². The Kier molecular flexibility index (Phi) is 3.70. The number of benzene rings is 1. The lowest BCUT2D eigenvalue weighted by Gasteiger charge is -2.29. The first-order valence-corrected chi connectivity index (χ1v) is 8.18. The van der Waals surface area contributed by atoms with Crippen molar-refractivity contribution in [1.29, 1.82) is 0 Å². The number of ketones is 1. The molecule has 0 amide bonds. The molecule has 0 spiro atoms. The zero-order valence-corrected chi connectivity index (χ0v) is 13.0. The average molecular weight is 316 g/mol. The number of fused-ring (bicyclic) bond motifs is 3. The van der Waals surface area contributed by atoms with Gasteiger partial charge in [-0.3, -0.25) is 9.59 Å². The number of rotatable bonds is 3. The number of cyclic esters (lactones) is 1. The summed E-state index contributed by atoms with van der Waals surface area (Å²) in [5, 5.41) is 0. The molecule has 5 nitrogen and oxygen atoms in total. The number of Topliss-reactive ketones (excluding diaryl/α,β-unsaturated/α-hetero) is 1. The van der Waals surface area contributed by atoms with Crippen LogP contribution in [0.15, 0.2) is 30.3 Å². The van der Waals surface area contributed by atoms with Gasteiger partial charge < -0.3 is 14.2 Å². The molecule has 1 unspecified atom stereocenters. The monoisotopic (exact) mass is 316 g/mol. The third kappa shape index (κ3) is 2.39. The SMILES string of the molecule is C[C@@H]1[C@@H](OCc2ccccc2)O[C@H]2C(=O)C3C(=O)OCC[C@@H]3[C@@H]12. The molecule has 2 aliphatic heterocycles. The topological polar surface area (TPSA) is 61.8 Å². The third-order valence-corrected chi connectivity index (χ3v) is 5.38. The maximum absolute atomic E-state index is 12.5. The Labute approximate surface area is 134 Å². The van der Waals surface area contributed by atoms with E-state index in [4.69, 9.17) is 14.2 Å². The van der Waals surface area contributed by atoms with Gasteiger partial charge in [0.25, 0.3) is 0 Å². The van der Waals surface area contributed by atoms with Crippen molar-refractivity contribution in [3.8, 4) is 0 Å². The number of carbonyl (C=O) groups is 2. The molecule has 1 aromatic rings. The fraction of sp³-hybridized carbons (Fsp3) is 0.556. The molecule has 4 rings (SSSR count). The highest BCUT2D eigenvalue weighted by molar-refractivity contribution is 6.04. The third-order valence-electron chi connectivity index (χ3n) is 5.38. The minimum Gasteiger partial charge on any atom is -0.465 e. The van der Waals surface area contributed by atoms with Gasteiger partial charge >= 0.3 is 5.97 Å². The lowest BCUT2D eigenvalue weighted by atomic mass is 9.79. The largest absolute Gasteiger partial charge is 0.465 e. The molecule has 23 heavy (non-hydrogen) atoms. The second-order valence-corrected chi connectivity index (χ2v) is 6.66. The van der Waals surface area contributed by atoms with Crippen molar-refractivity contribution >= 4 is 11.8 Å². The molecule has 1 saturated carbocycles. The highest BCUT2D eigenvalue weighted by Gasteiger charge is 2.62. The molecule has 0 bridgehead atoms. The molecular formula is C18H20O5. The smallest absolute Gasteiger partial charge is 0.316 e. The van der Waals surface area contributed by atoms with E-state index in [0.717, 1.165) is 12.0 Å². The van der Waals surface area contributed by atoms with Crippen molar-refractivity contribution in [2.75, 3.05) is 6.61 Å². The van der Waals surface area contributed by atoms with Gasteiger partial charge in [-0.25, -0.2) is 0 Å². The number of esters is 1. The highest BCUT2D eigenvalue weighted by Crippen LogP contribution is 2.50. The summed E-state index contributed by atoms with van der Waals surface area (Å²) in [4.78, 5) is 24.4. The molecule has 2 heterocycles. The predicted molar refractivity (Wildman–Crippen MR) is 80.1 cm³/mol. The summed E-state index contributed by atoms with van der Waals surface area (Å²) in [7, 11) is 0. The van der Waals surface area contributed by atoms with Crippen molar-refractivity contribution < 1.29 is 23.8 Å². The van der Waals surface area contributed by atoms with Crippen molar-refractivity contribution in [3.63, 3.8) is 0 Å². The standard InChI is InChI=1S/C18H20O5/c1-10-13-12-7-8-21-17(20)14(12)15(19)16(13)23-18(10)22-9-11-5-3-2-4-6-11/h2-6,10,12-14,16,18H,7-9H2,1H3/t10-,12+,13+,14?,16+,18-/m0/s1. The normalized spacial score (nSPS) is 39.0. The first-order valence-electron chi connectivity index (χ1n) is 8.18. The molecule has 122 valence electrons. The van der Waals surface area contributed by atoms with Crippen LogP contribution in [0.4, 0.5) is 0 Å². The summed E-state index contributed by atoms with van der Waals surface area (Å²) in [6, 6.07) is 9.89. The Morgan fingerprint density at radius 2 is 2.00 bits per heavy atom. The van der Waals surface area contributed by atoms with Crippen LogP contribution in [0.2, 0.25) is 0 Å². The predicted octanol–water partition coefficient (Wildman–Crippen LogP) is 1.94. The Morgan fingerprint density at radius 3 is 2.78 bits per heavy atom. The summed E-state index contributed by atoms with van der Waals surface area (Å²) >= 11 is 0. The Balaban J connectivity index is 1.47. The summed E-state index contributed by atoms with van der Waals surface area (Å²) < 4.78 is 16.8. The molecule has 6 atom stereocenters. The van der Waals surface area contributed by atoms with Crippen LogP contribution in [0.5, 0.6) is 0 Å². The number of ether oxygens (including phenoxy) is 3. The van der Waals surface area contributed by atoms with E-state index in [1.165, 1.54) is 0 Å². The summed E-state index contributed by atoms with van der Waals surface area (Å²) in [6.45, 7) is 2.91. The van der Waals surface area contributed by atoms with E-state index in [-0.39, 0.29) is 29.5 Å². The van der Waals surface area contributed by atoms with E-state index >= 15 is 0 Å². The Morgan fingerprint density at radius 1 is 1.22 bits per heavy atom. The highest BCUT2D eigenvalue weighted by atomic mass is 16.7. The van der Waals surface area contributed by atoms with Crippen LogP contribution in [-0.4, -0.2) is 30.8 Å². The van der Waals surface area contributed by atoms with E-state index in [9.17, 15) is 9.59 Å². The van der Waals surface area contributed by atoms with Crippen molar-refractivity contribution in [2.45, 2.75) is 32.3 Å². The maximum Gasteiger partial charge on any atom is 0.316 e. The van der Waals surface area contributed by atoms with Gasteiger partial charge in [0.2, 0.25) is 0 Å². The van der Waals surface area contributed by atoms with Crippen LogP contribution in [0, 0.1) is 23.7 Å². The summed E-state index contributed by atoms with van der Waals surface area (Å²) in [5.74, 6) is -0.944. The van der Waals surface area contributed by atoms with Gasteiger partial charge in [-0.1, -0.05) is 37.3 Å². The molecule has 5 heteroatoms. The van der Waals surface area contributed by atoms with Gasteiger partial charge in [0.05, 0.1) is 13.2 Å². The number of carbonyl (C=O) groups excluding carboxylic acids is 2. The molecule has 1 aromatic carbocycles. The molecule has 1 aliphatic carbocycles. The van der Waals surface area contributed by atoms with Gasteiger partial charge in [-0.2, -0.15) is 0 Å². The zero-order chi connectivity index (χ0) is 16.0. The van der Waals surface area contributed by atoms with Gasteiger partial charge in [-0.15, -0.1) is 0 Å². The van der Waals surface area contributed by atoms with E-state index in [0.29, 0.717) is 13.2 Å². The van der Waals surface area contributed by atoms with Gasteiger partial charge in [0, 0.05) is 11.8 Å². The van der Waals surface area contributed by atoms with E-state index < -0.39 is 18.3 Å². The van der Waals surface area contributed by atoms with Crippen LogP contribution >= 0.6 is 0 Å². The fourth-order valence-electron chi connectivity index (χ4n) is 4.28. The molecule has 0 N–H and O–H groups in total. The summed E-state index contributed by atoms with van der Waals surface area (Å²) in [5.41, 5.74) is 1.07. The quantitative estimate of drug-likeness (QED) is 0.630. The second kappa shape index (κ2) is 5.73. The molecule has 0 aromatic heterocycles. The number of hydrogen-bond acceptors (Lipinski definition) is 5. The fourth-order valence-corrected chi connectivity index (χ4v) is 4.28. The van der Waals surface area contributed by atoms with Gasteiger partial charge in [-0.05, 0) is 17.9 Å². The first-order chi connectivity index (χ1) is 11.2. The average Bonchev–Trinajstić information content (AvgIpc) is 3.04. The Bertz CT molecular complexity index is 613. The van der Waals surface area contributed by atoms with Gasteiger partial charge in [0.15, 0.2) is 12.1 Å². The maximum atomic E-state index is 12.5. The first kappa shape index (κ1) is 14.8. The zero-order valence-electron chi connectivity index (χ0n) is 13.0. The Hall–Kier alpha value is -1.72. The molecular weight excluding hydrogens is 296 g/mol. The molecule has 3 aliphatic rings. The summed E-state index contributed by atoms with van der Waals surface area (Å²) in [6.07, 6.45) is -0.179. The lowest BCUT2D eigenvalue weighted by molar-refractivity contribution is -0.172. The van der Waals surface area contributed by atoms with Crippen LogP contribution in [-0.2, 0) is 30.4 Å². The molecule has 0 radical (unpaired) electrons. The lowest BCUT2D eigenvalue weighted by Crippen LogP contribution is -2.37. The van der Waals surface area contributed by atoms with Crippen LogP contribution in [0.3, 0.4) is 0 Å². The van der Waals surface area contributed by atoms with Crippen LogP contribution in [0.1, 0.15) is 18.9 Å². The van der Waals surface area contributed by atoms with Crippen molar-refractivity contribution in [3.05, 3.63) is 35.9 Å². The van der Waals surface area contributed by atoms with E-state index in [1.807, 2.05) is 30.3 Å². The van der Waals surface area contributed by atoms with Crippen molar-refractivity contribution in [1.82, 2.24) is 0 Å². The van der Waals surface area contributed by atoms with E-state index in [1.54, 1.807) is 0 Å². The molecule has 3 fully saturated rings. The number of hydrogen-bond donors (Lipinski definition) is 0. The van der Waals surface area contributed by atoms with Crippen molar-refractivity contribution in [2.24, 2.45) is 23.7 Å². The van der Waals surface area contributed by atoms with Crippen LogP contribution in [0.25, 0.3) is 0 Å². The van der Waals surface area contributed by atoms with E-state index in [2.05, 4.69) is 6.92 Å². The second-order valence-electron chi connectivity index (χ2n) is 6.66. The minimum absolute atomic E-state index is 0.0362. The van der Waals surface area contributed by atoms with Gasteiger partial charge in [0.1, 0.15) is 12.0 Å².